The summed E-state index contributed by atoms with van der Waals surface area (Å²) in [6.45, 7) is 0. The average molecular weight is 379 g/mol. The molecule has 1 aromatic rings. The van der Waals surface area contributed by atoms with E-state index in [4.69, 9.17) is 0 Å². The van der Waals surface area contributed by atoms with E-state index >= 15 is 0 Å². The number of aromatic hydroxyl groups is 2. The fourth-order valence-electron chi connectivity index (χ4n) is 3.25. The van der Waals surface area contributed by atoms with Crippen LogP contribution in [0.2, 0.25) is 0 Å². The zero-order valence-corrected chi connectivity index (χ0v) is 14.7. The Morgan fingerprint density at radius 2 is 1.91 bits per heavy atom. The molecule has 2 aliphatic rings. The summed E-state index contributed by atoms with van der Waals surface area (Å²) in [6.07, 6.45) is 7.20. The standard InChI is InChI=1S/C17H20N2O3Se/c1-18-13(10-11-6-5-9-14(20)15(11)21)16(22)19(17(18)23)12-7-3-2-4-8-12/h5-6,9-10,12,20-21H,2-4,7-8H2,1H3. The van der Waals surface area contributed by atoms with Crippen molar-refractivity contribution in [3.8, 4) is 11.5 Å². The third-order valence-electron chi connectivity index (χ3n) is 4.57. The van der Waals surface area contributed by atoms with Crippen molar-refractivity contribution in [1.82, 2.24) is 9.80 Å². The fraction of sp³-hybridized carbons (Fsp3) is 0.412. The zero-order valence-electron chi connectivity index (χ0n) is 13.0. The first-order valence-electron chi connectivity index (χ1n) is 7.84. The molecule has 2 fully saturated rings. The number of nitrogens with zero attached hydrogens (tertiary/aromatic N) is 2. The summed E-state index contributed by atoms with van der Waals surface area (Å²) in [5, 5.41) is 19.6. The van der Waals surface area contributed by atoms with Gasteiger partial charge in [-0.3, -0.25) is 0 Å². The Balaban J connectivity index is 1.94. The predicted octanol–water partition coefficient (Wildman–Crippen LogP) is 1.80. The van der Waals surface area contributed by atoms with Crippen LogP contribution in [0, 0.1) is 0 Å². The summed E-state index contributed by atoms with van der Waals surface area (Å²) in [7, 11) is 1.83. The number of carbonyl (C=O) groups excluding carboxylic acids is 1. The summed E-state index contributed by atoms with van der Waals surface area (Å²) in [5.41, 5.74) is 0.920. The van der Waals surface area contributed by atoms with Gasteiger partial charge >= 0.3 is 143 Å². The molecule has 0 bridgehead atoms. The van der Waals surface area contributed by atoms with Crippen LogP contribution >= 0.6 is 0 Å². The van der Waals surface area contributed by atoms with Gasteiger partial charge in [-0.1, -0.05) is 0 Å². The Bertz CT molecular complexity index is 680. The molecule has 1 aliphatic carbocycles. The van der Waals surface area contributed by atoms with Crippen molar-refractivity contribution in [3.63, 3.8) is 0 Å². The molecule has 1 heterocycles. The molecule has 0 atom stereocenters. The van der Waals surface area contributed by atoms with Crippen molar-refractivity contribution in [1.29, 1.82) is 0 Å². The molecule has 1 aliphatic heterocycles. The van der Waals surface area contributed by atoms with Gasteiger partial charge in [0.25, 0.3) is 0 Å². The molecule has 0 radical (unpaired) electrons. The Morgan fingerprint density at radius 1 is 1.22 bits per heavy atom. The summed E-state index contributed by atoms with van der Waals surface area (Å²) < 4.78 is 0.799. The number of hydrogen-bond acceptors (Lipinski definition) is 4. The van der Waals surface area contributed by atoms with Crippen LogP contribution < -0.4 is 0 Å². The van der Waals surface area contributed by atoms with Gasteiger partial charge in [-0.05, 0) is 0 Å². The summed E-state index contributed by atoms with van der Waals surface area (Å²) in [4.78, 5) is 16.5. The van der Waals surface area contributed by atoms with Crippen molar-refractivity contribution < 1.29 is 15.0 Å². The molecular weight excluding hydrogens is 359 g/mol. The van der Waals surface area contributed by atoms with Crippen molar-refractivity contribution in [3.05, 3.63) is 29.5 Å². The van der Waals surface area contributed by atoms with Gasteiger partial charge in [0.05, 0.1) is 0 Å². The number of rotatable bonds is 2. The zero-order chi connectivity index (χ0) is 16.6. The maximum absolute atomic E-state index is 12.9. The third-order valence-corrected chi connectivity index (χ3v) is 5.56. The van der Waals surface area contributed by atoms with Crippen molar-refractivity contribution in [2.24, 2.45) is 0 Å². The molecule has 6 heteroatoms. The number of benzene rings is 1. The third kappa shape index (κ3) is 2.89. The monoisotopic (exact) mass is 380 g/mol. The Morgan fingerprint density at radius 3 is 2.61 bits per heavy atom. The number of hydrogen-bond donors (Lipinski definition) is 2. The van der Waals surface area contributed by atoms with E-state index < -0.39 is 0 Å². The van der Waals surface area contributed by atoms with E-state index in [-0.39, 0.29) is 23.4 Å². The Hall–Kier alpha value is -1.78. The fourth-order valence-corrected chi connectivity index (χ4v) is 3.94. The molecule has 23 heavy (non-hydrogen) atoms. The van der Waals surface area contributed by atoms with Crippen LogP contribution in [0.5, 0.6) is 11.5 Å². The first-order chi connectivity index (χ1) is 11.0. The minimum atomic E-state index is -0.209. The second-order valence-corrected chi connectivity index (χ2v) is 6.82. The van der Waals surface area contributed by atoms with Gasteiger partial charge in [0, 0.05) is 0 Å². The van der Waals surface area contributed by atoms with Gasteiger partial charge in [-0.2, -0.15) is 0 Å². The molecule has 2 N–H and O–H groups in total. The van der Waals surface area contributed by atoms with Crippen LogP contribution in [0.3, 0.4) is 0 Å². The molecule has 3 rings (SSSR count). The van der Waals surface area contributed by atoms with Crippen LogP contribution in [0.4, 0.5) is 0 Å². The number of amides is 1. The quantitative estimate of drug-likeness (QED) is 0.467. The molecule has 1 saturated carbocycles. The van der Waals surface area contributed by atoms with E-state index in [0.717, 1.165) is 30.3 Å². The number of phenols is 2. The predicted molar refractivity (Wildman–Crippen MR) is 90.0 cm³/mol. The van der Waals surface area contributed by atoms with Crippen LogP contribution in [0.15, 0.2) is 23.9 Å². The number of phenolic OH excluding ortho intramolecular Hbond substituents is 2. The van der Waals surface area contributed by atoms with Crippen molar-refractivity contribution >= 4 is 32.2 Å². The Kier molecular flexibility index (Phi) is 4.46. The van der Waals surface area contributed by atoms with Crippen LogP contribution in [0.25, 0.3) is 6.08 Å². The summed E-state index contributed by atoms with van der Waals surface area (Å²) in [6, 6.07) is 4.96. The first kappa shape index (κ1) is 16.1. The molecule has 5 nitrogen and oxygen atoms in total. The van der Waals surface area contributed by atoms with Crippen molar-refractivity contribution in [2.75, 3.05) is 7.05 Å². The van der Waals surface area contributed by atoms with Crippen LogP contribution in [-0.4, -0.2) is 59.3 Å². The van der Waals surface area contributed by atoms with Crippen molar-refractivity contribution in [2.45, 2.75) is 38.1 Å². The SMILES string of the molecule is CN1C(=[Se])N(C2CCCCC2)C(=O)C1=Cc1cccc(O)c1O. The molecule has 0 aromatic heterocycles. The molecule has 0 unspecified atom stereocenters. The molecule has 0 spiro atoms. The number of likely N-dealkylation sites (N-methyl/N-ethyl adjacent to an activating group) is 1. The first-order valence-corrected chi connectivity index (χ1v) is 8.70. The van der Waals surface area contributed by atoms with Crippen LogP contribution in [-0.2, 0) is 4.79 Å². The van der Waals surface area contributed by atoms with E-state index in [2.05, 4.69) is 15.6 Å². The molecular formula is C17H20N2O3Se. The van der Waals surface area contributed by atoms with Gasteiger partial charge < -0.3 is 0 Å². The Labute approximate surface area is 143 Å². The second-order valence-electron chi connectivity index (χ2n) is 6.05. The van der Waals surface area contributed by atoms with Gasteiger partial charge in [0.15, 0.2) is 0 Å². The van der Waals surface area contributed by atoms with E-state index in [1.54, 1.807) is 23.1 Å². The van der Waals surface area contributed by atoms with Gasteiger partial charge in [-0.25, -0.2) is 0 Å². The summed E-state index contributed by atoms with van der Waals surface area (Å²) >= 11 is 3.00. The normalized spacial score (nSPS) is 21.5. The van der Waals surface area contributed by atoms with Gasteiger partial charge in [-0.15, -0.1) is 0 Å². The van der Waals surface area contributed by atoms with Gasteiger partial charge in [0.2, 0.25) is 0 Å². The number of para-hydroxylation sites is 1. The van der Waals surface area contributed by atoms with Crippen LogP contribution in [0.1, 0.15) is 37.7 Å². The average Bonchev–Trinajstić information content (AvgIpc) is 2.76. The van der Waals surface area contributed by atoms with E-state index in [1.165, 1.54) is 12.5 Å². The van der Waals surface area contributed by atoms with E-state index in [1.807, 2.05) is 11.9 Å². The molecule has 1 saturated heterocycles. The minimum absolute atomic E-state index is 0.0594. The van der Waals surface area contributed by atoms with E-state index in [9.17, 15) is 15.0 Å². The topological polar surface area (TPSA) is 64.0 Å². The molecule has 1 aromatic carbocycles. The molecule has 122 valence electrons. The maximum atomic E-state index is 12.9. The summed E-state index contributed by atoms with van der Waals surface area (Å²) in [5.74, 6) is -0.460. The second kappa shape index (κ2) is 6.38. The molecule has 1 amide bonds. The van der Waals surface area contributed by atoms with E-state index in [0.29, 0.717) is 11.3 Å². The number of carbonyl (C=O) groups is 1. The van der Waals surface area contributed by atoms with Gasteiger partial charge in [0.1, 0.15) is 0 Å².